The zero-order valence-electron chi connectivity index (χ0n) is 18.1. The lowest BCUT2D eigenvalue weighted by molar-refractivity contribution is -0.135. The first-order valence-electron chi connectivity index (χ1n) is 11.8. The van der Waals surface area contributed by atoms with Gasteiger partial charge in [0.1, 0.15) is 0 Å². The van der Waals surface area contributed by atoms with Crippen molar-refractivity contribution in [1.29, 1.82) is 0 Å². The summed E-state index contributed by atoms with van der Waals surface area (Å²) in [5.41, 5.74) is 0. The van der Waals surface area contributed by atoms with Crippen molar-refractivity contribution in [2.24, 2.45) is 16.8 Å². The summed E-state index contributed by atoms with van der Waals surface area (Å²) in [4.78, 5) is 22.5. The largest absolute Gasteiger partial charge is 0.357 e. The van der Waals surface area contributed by atoms with E-state index in [1.807, 2.05) is 0 Å². The summed E-state index contributed by atoms with van der Waals surface area (Å²) < 4.78 is 0. The molecule has 2 saturated heterocycles. The van der Waals surface area contributed by atoms with Crippen molar-refractivity contribution in [2.75, 3.05) is 39.3 Å². The van der Waals surface area contributed by atoms with E-state index in [0.717, 1.165) is 57.4 Å². The predicted molar refractivity (Wildman–Crippen MR) is 129 cm³/mol. The number of likely N-dealkylation sites (tertiary alicyclic amines) is 2. The molecule has 0 aromatic rings. The molecule has 2 N–H and O–H groups in total. The molecule has 2 aliphatic heterocycles. The van der Waals surface area contributed by atoms with Gasteiger partial charge in [-0.15, -0.1) is 24.0 Å². The first-order chi connectivity index (χ1) is 13.7. The molecule has 0 aromatic carbocycles. The number of carbonyl (C=O) groups excluding carboxylic acids is 1. The van der Waals surface area contributed by atoms with Crippen molar-refractivity contribution in [1.82, 2.24) is 20.4 Å². The molecule has 4 fully saturated rings. The Labute approximate surface area is 193 Å². The number of hydrogen-bond acceptors (Lipinski definition) is 3. The smallest absolute Gasteiger partial charge is 0.225 e. The average molecular weight is 518 g/mol. The van der Waals surface area contributed by atoms with Gasteiger partial charge >= 0.3 is 0 Å². The zero-order chi connectivity index (χ0) is 19.3. The molecule has 2 heterocycles. The van der Waals surface area contributed by atoms with Crippen molar-refractivity contribution in [3.63, 3.8) is 0 Å². The molecule has 0 spiro atoms. The maximum Gasteiger partial charge on any atom is 0.225 e. The van der Waals surface area contributed by atoms with E-state index in [1.165, 1.54) is 51.6 Å². The normalized spacial score (nSPS) is 29.0. The molecule has 0 bridgehead atoms. The molecule has 4 rings (SSSR count). The SMILES string of the molecule is CCNC(=NCC1CCN(C2CC2)C1)NC1CCN(C(=O)C2CCCCC2)C1.I. The first kappa shape index (κ1) is 23.1. The van der Waals surface area contributed by atoms with Crippen molar-refractivity contribution in [3.05, 3.63) is 0 Å². The Morgan fingerprint density at radius 2 is 1.79 bits per heavy atom. The highest BCUT2D eigenvalue weighted by molar-refractivity contribution is 14.0. The third-order valence-corrected chi connectivity index (χ3v) is 7.03. The topological polar surface area (TPSA) is 60.0 Å². The highest BCUT2D eigenvalue weighted by Crippen LogP contribution is 2.31. The van der Waals surface area contributed by atoms with Crippen LogP contribution in [0.2, 0.25) is 0 Å². The minimum Gasteiger partial charge on any atom is -0.357 e. The Morgan fingerprint density at radius 3 is 2.52 bits per heavy atom. The van der Waals surface area contributed by atoms with E-state index in [2.05, 4.69) is 27.4 Å². The molecule has 7 heteroatoms. The maximum atomic E-state index is 12.8. The summed E-state index contributed by atoms with van der Waals surface area (Å²) in [5.74, 6) is 2.32. The van der Waals surface area contributed by atoms with Crippen LogP contribution in [0.5, 0.6) is 0 Å². The van der Waals surface area contributed by atoms with Gasteiger partial charge in [0.25, 0.3) is 0 Å². The number of halogens is 1. The van der Waals surface area contributed by atoms with E-state index in [0.29, 0.717) is 17.9 Å². The van der Waals surface area contributed by atoms with E-state index in [-0.39, 0.29) is 29.9 Å². The Hall–Kier alpha value is -0.570. The third-order valence-electron chi connectivity index (χ3n) is 7.03. The van der Waals surface area contributed by atoms with Crippen LogP contribution in [0.15, 0.2) is 4.99 Å². The molecule has 2 unspecified atom stereocenters. The maximum absolute atomic E-state index is 12.8. The van der Waals surface area contributed by atoms with Crippen LogP contribution in [0, 0.1) is 11.8 Å². The minimum atomic E-state index is 0. The summed E-state index contributed by atoms with van der Waals surface area (Å²) in [6.45, 7) is 8.12. The monoisotopic (exact) mass is 517 g/mol. The first-order valence-corrected chi connectivity index (χ1v) is 11.8. The van der Waals surface area contributed by atoms with Crippen molar-refractivity contribution < 1.29 is 4.79 Å². The molecule has 1 amide bonds. The van der Waals surface area contributed by atoms with Gasteiger partial charge in [-0.25, -0.2) is 0 Å². The lowest BCUT2D eigenvalue weighted by Gasteiger charge is -2.26. The number of guanidine groups is 1. The lowest BCUT2D eigenvalue weighted by atomic mass is 9.88. The summed E-state index contributed by atoms with van der Waals surface area (Å²) in [6.07, 6.45) is 11.1. The van der Waals surface area contributed by atoms with E-state index >= 15 is 0 Å². The van der Waals surface area contributed by atoms with E-state index in [1.54, 1.807) is 0 Å². The zero-order valence-corrected chi connectivity index (χ0v) is 20.4. The van der Waals surface area contributed by atoms with Crippen molar-refractivity contribution in [3.8, 4) is 0 Å². The molecular formula is C22H40IN5O. The molecule has 6 nitrogen and oxygen atoms in total. The summed E-state index contributed by atoms with van der Waals surface area (Å²) in [6, 6.07) is 1.21. The van der Waals surface area contributed by atoms with Crippen LogP contribution in [-0.4, -0.2) is 73.0 Å². The second-order valence-electron chi connectivity index (χ2n) is 9.35. The highest BCUT2D eigenvalue weighted by atomic mass is 127. The van der Waals surface area contributed by atoms with Gasteiger partial charge in [0, 0.05) is 50.7 Å². The van der Waals surface area contributed by atoms with Crippen molar-refractivity contribution >= 4 is 35.8 Å². The Morgan fingerprint density at radius 1 is 1.00 bits per heavy atom. The van der Waals surface area contributed by atoms with Crippen molar-refractivity contribution in [2.45, 2.75) is 76.8 Å². The number of nitrogens with one attached hydrogen (secondary N) is 2. The van der Waals surface area contributed by atoms with Gasteiger partial charge < -0.3 is 20.4 Å². The van der Waals surface area contributed by atoms with Crippen LogP contribution in [0.25, 0.3) is 0 Å². The second-order valence-corrected chi connectivity index (χ2v) is 9.35. The van der Waals surface area contributed by atoms with E-state index in [9.17, 15) is 4.79 Å². The quantitative estimate of drug-likeness (QED) is 0.323. The highest BCUT2D eigenvalue weighted by Gasteiger charge is 2.34. The standard InChI is InChI=1S/C22H39N5O.HI/c1-2-23-22(24-14-17-10-12-26(15-17)20-8-9-20)25-19-11-13-27(16-19)21(28)18-6-4-3-5-7-18;/h17-20H,2-16H2,1H3,(H2,23,24,25);1H. The fourth-order valence-electron chi connectivity index (χ4n) is 5.20. The average Bonchev–Trinajstić information content (AvgIpc) is 3.28. The summed E-state index contributed by atoms with van der Waals surface area (Å²) >= 11 is 0. The number of carbonyl (C=O) groups is 1. The second kappa shape index (κ2) is 11.2. The van der Waals surface area contributed by atoms with Crippen LogP contribution >= 0.6 is 24.0 Å². The number of nitrogens with zero attached hydrogens (tertiary/aromatic N) is 3. The summed E-state index contributed by atoms with van der Waals surface area (Å²) in [7, 11) is 0. The van der Waals surface area contributed by atoms with E-state index < -0.39 is 0 Å². The van der Waals surface area contributed by atoms with Gasteiger partial charge in [0.15, 0.2) is 5.96 Å². The fourth-order valence-corrected chi connectivity index (χ4v) is 5.20. The van der Waals surface area contributed by atoms with Crippen LogP contribution in [0.1, 0.15) is 64.7 Å². The summed E-state index contributed by atoms with van der Waals surface area (Å²) in [5, 5.41) is 7.02. The van der Waals surface area contributed by atoms with Gasteiger partial charge in [-0.05, 0) is 57.9 Å². The van der Waals surface area contributed by atoms with E-state index in [4.69, 9.17) is 4.99 Å². The third kappa shape index (κ3) is 6.45. The Kier molecular flexibility index (Phi) is 8.89. The van der Waals surface area contributed by atoms with Crippen LogP contribution in [0.4, 0.5) is 0 Å². The molecule has 0 aromatic heterocycles. The Balaban J connectivity index is 0.00000240. The number of hydrogen-bond donors (Lipinski definition) is 2. The van der Waals surface area contributed by atoms with Gasteiger partial charge in [0.05, 0.1) is 0 Å². The van der Waals surface area contributed by atoms with Gasteiger partial charge in [-0.3, -0.25) is 9.79 Å². The molecule has 166 valence electrons. The molecule has 0 radical (unpaired) electrons. The minimum absolute atomic E-state index is 0. The molecule has 29 heavy (non-hydrogen) atoms. The molecule has 2 atom stereocenters. The van der Waals surface area contributed by atoms with Gasteiger partial charge in [-0.2, -0.15) is 0 Å². The number of amides is 1. The molecule has 2 aliphatic carbocycles. The van der Waals surface area contributed by atoms with Gasteiger partial charge in [-0.1, -0.05) is 19.3 Å². The molecular weight excluding hydrogens is 477 g/mol. The predicted octanol–water partition coefficient (Wildman–Crippen LogP) is 2.83. The van der Waals surface area contributed by atoms with Gasteiger partial charge in [0.2, 0.25) is 5.91 Å². The molecule has 2 saturated carbocycles. The fraction of sp³-hybridized carbons (Fsp3) is 0.909. The number of aliphatic imine (C=N–C) groups is 1. The molecule has 4 aliphatic rings. The number of rotatable bonds is 6. The van der Waals surface area contributed by atoms with Crippen LogP contribution in [0.3, 0.4) is 0 Å². The van der Waals surface area contributed by atoms with Crippen LogP contribution in [-0.2, 0) is 4.79 Å². The van der Waals surface area contributed by atoms with Crippen LogP contribution < -0.4 is 10.6 Å². The Bertz CT molecular complexity index is 561. The lowest BCUT2D eigenvalue weighted by Crippen LogP contribution is -2.45.